The van der Waals surface area contributed by atoms with E-state index in [-0.39, 0.29) is 5.92 Å². The summed E-state index contributed by atoms with van der Waals surface area (Å²) in [5.74, 6) is -0.545. The minimum absolute atomic E-state index is 0.217. The molecule has 1 aromatic heterocycles. The molecule has 0 saturated heterocycles. The third-order valence-electron chi connectivity index (χ3n) is 4.29. The minimum atomic E-state index is -0.871. The first kappa shape index (κ1) is 14.1. The molecule has 2 N–H and O–H groups in total. The number of nitrogens with zero attached hydrogens (tertiary/aromatic N) is 2. The van der Waals surface area contributed by atoms with Crippen molar-refractivity contribution in [3.05, 3.63) is 17.0 Å². The van der Waals surface area contributed by atoms with Gasteiger partial charge in [-0.3, -0.25) is 9.48 Å². The standard InChI is InChI=1S/C14H23N3O2/c1-5-15-14(13(18)19,12-6-7-12)8-17-11(4)9(2)10(3)16-17/h12,15H,5-8H2,1-4H3,(H,18,19). The second-order valence-electron chi connectivity index (χ2n) is 5.53. The van der Waals surface area contributed by atoms with Crippen LogP contribution in [0.4, 0.5) is 0 Å². The van der Waals surface area contributed by atoms with E-state index < -0.39 is 11.5 Å². The molecule has 1 aliphatic carbocycles. The molecule has 1 unspecified atom stereocenters. The third-order valence-corrected chi connectivity index (χ3v) is 4.29. The van der Waals surface area contributed by atoms with Crippen molar-refractivity contribution in [2.24, 2.45) is 5.92 Å². The van der Waals surface area contributed by atoms with E-state index in [2.05, 4.69) is 10.4 Å². The topological polar surface area (TPSA) is 67.2 Å². The molecule has 0 spiro atoms. The van der Waals surface area contributed by atoms with Crippen LogP contribution in [0.1, 0.15) is 36.7 Å². The molecule has 0 amide bonds. The van der Waals surface area contributed by atoms with E-state index in [1.54, 1.807) is 0 Å². The molecule has 0 radical (unpaired) electrons. The van der Waals surface area contributed by atoms with Crippen molar-refractivity contribution in [2.75, 3.05) is 6.54 Å². The van der Waals surface area contributed by atoms with E-state index in [4.69, 9.17) is 0 Å². The average Bonchev–Trinajstić information content (AvgIpc) is 3.15. The van der Waals surface area contributed by atoms with Gasteiger partial charge in [-0.2, -0.15) is 5.10 Å². The molecule has 5 heteroatoms. The number of carboxylic acids is 1. The Morgan fingerprint density at radius 3 is 2.47 bits per heavy atom. The normalized spacial score (nSPS) is 18.3. The van der Waals surface area contributed by atoms with Gasteiger partial charge in [-0.15, -0.1) is 0 Å². The molecule has 1 fully saturated rings. The Hall–Kier alpha value is -1.36. The summed E-state index contributed by atoms with van der Waals surface area (Å²) in [5, 5.41) is 17.4. The van der Waals surface area contributed by atoms with Crippen LogP contribution >= 0.6 is 0 Å². The summed E-state index contributed by atoms with van der Waals surface area (Å²) in [6.45, 7) is 9.00. The lowest BCUT2D eigenvalue weighted by Gasteiger charge is -2.30. The van der Waals surface area contributed by atoms with Crippen LogP contribution in [0.3, 0.4) is 0 Å². The molecular weight excluding hydrogens is 242 g/mol. The van der Waals surface area contributed by atoms with Crippen LogP contribution in [0.25, 0.3) is 0 Å². The molecule has 0 aromatic carbocycles. The molecule has 1 heterocycles. The van der Waals surface area contributed by atoms with Crippen molar-refractivity contribution >= 4 is 5.97 Å². The highest BCUT2D eigenvalue weighted by Crippen LogP contribution is 2.41. The lowest BCUT2D eigenvalue weighted by Crippen LogP contribution is -2.57. The number of hydrogen-bond acceptors (Lipinski definition) is 3. The Kier molecular flexibility index (Phi) is 3.67. The van der Waals surface area contributed by atoms with Gasteiger partial charge < -0.3 is 10.4 Å². The molecule has 0 aliphatic heterocycles. The maximum absolute atomic E-state index is 11.8. The van der Waals surface area contributed by atoms with Crippen LogP contribution in [0.15, 0.2) is 0 Å². The molecule has 1 aromatic rings. The molecule has 5 nitrogen and oxygen atoms in total. The number of likely N-dealkylation sites (N-methyl/N-ethyl adjacent to an activating group) is 1. The minimum Gasteiger partial charge on any atom is -0.480 e. The van der Waals surface area contributed by atoms with Crippen molar-refractivity contribution < 1.29 is 9.90 Å². The summed E-state index contributed by atoms with van der Waals surface area (Å²) in [4.78, 5) is 11.8. The predicted molar refractivity (Wildman–Crippen MR) is 73.2 cm³/mol. The highest BCUT2D eigenvalue weighted by atomic mass is 16.4. The van der Waals surface area contributed by atoms with Gasteiger partial charge >= 0.3 is 5.97 Å². The van der Waals surface area contributed by atoms with Gasteiger partial charge in [-0.05, 0) is 51.6 Å². The van der Waals surface area contributed by atoms with Crippen LogP contribution in [0.5, 0.6) is 0 Å². The van der Waals surface area contributed by atoms with Crippen LogP contribution in [0, 0.1) is 26.7 Å². The van der Waals surface area contributed by atoms with Crippen molar-refractivity contribution in [3.63, 3.8) is 0 Å². The number of carboxylic acid groups (broad SMARTS) is 1. The SMILES string of the molecule is CCNC(Cn1nc(C)c(C)c1C)(C(=O)O)C1CC1. The lowest BCUT2D eigenvalue weighted by molar-refractivity contribution is -0.146. The number of hydrogen-bond donors (Lipinski definition) is 2. The van der Waals surface area contributed by atoms with Crippen molar-refractivity contribution in [3.8, 4) is 0 Å². The molecular formula is C14H23N3O2. The van der Waals surface area contributed by atoms with Gasteiger partial charge in [-0.25, -0.2) is 0 Å². The zero-order chi connectivity index (χ0) is 14.2. The Bertz CT molecular complexity index is 491. The Balaban J connectivity index is 2.34. The quantitative estimate of drug-likeness (QED) is 0.820. The third kappa shape index (κ3) is 2.39. The first-order valence-electron chi connectivity index (χ1n) is 6.91. The van der Waals surface area contributed by atoms with E-state index in [1.807, 2.05) is 32.4 Å². The molecule has 0 bridgehead atoms. The Morgan fingerprint density at radius 2 is 2.11 bits per heavy atom. The van der Waals surface area contributed by atoms with Gasteiger partial charge in [0.15, 0.2) is 0 Å². The summed E-state index contributed by atoms with van der Waals surface area (Å²) in [7, 11) is 0. The summed E-state index contributed by atoms with van der Waals surface area (Å²) >= 11 is 0. The number of rotatable bonds is 6. The monoisotopic (exact) mass is 265 g/mol. The molecule has 1 atom stereocenters. The summed E-state index contributed by atoms with van der Waals surface area (Å²) in [6.07, 6.45) is 1.97. The van der Waals surface area contributed by atoms with Gasteiger partial charge in [-0.1, -0.05) is 6.92 Å². The summed E-state index contributed by atoms with van der Waals surface area (Å²) in [5.41, 5.74) is 2.31. The number of aliphatic carboxylic acids is 1. The molecule has 2 rings (SSSR count). The van der Waals surface area contributed by atoms with Gasteiger partial charge in [0.2, 0.25) is 0 Å². The van der Waals surface area contributed by atoms with Crippen molar-refractivity contribution in [1.82, 2.24) is 15.1 Å². The van der Waals surface area contributed by atoms with Crippen LogP contribution in [-0.4, -0.2) is 32.9 Å². The predicted octanol–water partition coefficient (Wildman–Crippen LogP) is 1.65. The van der Waals surface area contributed by atoms with Crippen LogP contribution < -0.4 is 5.32 Å². The zero-order valence-electron chi connectivity index (χ0n) is 12.2. The van der Waals surface area contributed by atoms with Crippen molar-refractivity contribution in [2.45, 2.75) is 52.6 Å². The molecule has 1 saturated carbocycles. The highest BCUT2D eigenvalue weighted by Gasteiger charge is 2.51. The number of aromatic nitrogens is 2. The zero-order valence-corrected chi connectivity index (χ0v) is 12.2. The largest absolute Gasteiger partial charge is 0.480 e. The maximum Gasteiger partial charge on any atom is 0.326 e. The Labute approximate surface area is 114 Å². The van der Waals surface area contributed by atoms with Gasteiger partial charge in [0.05, 0.1) is 12.2 Å². The second-order valence-corrected chi connectivity index (χ2v) is 5.53. The first-order valence-corrected chi connectivity index (χ1v) is 6.91. The number of carbonyl (C=O) groups is 1. The molecule has 106 valence electrons. The van der Waals surface area contributed by atoms with E-state index in [1.165, 1.54) is 0 Å². The van der Waals surface area contributed by atoms with Crippen LogP contribution in [-0.2, 0) is 11.3 Å². The fourth-order valence-electron chi connectivity index (χ4n) is 2.72. The van der Waals surface area contributed by atoms with E-state index in [0.717, 1.165) is 29.8 Å². The van der Waals surface area contributed by atoms with E-state index in [9.17, 15) is 9.90 Å². The van der Waals surface area contributed by atoms with Gasteiger partial charge in [0, 0.05) is 5.69 Å². The maximum atomic E-state index is 11.8. The second kappa shape index (κ2) is 4.96. The lowest BCUT2D eigenvalue weighted by atomic mass is 9.93. The van der Waals surface area contributed by atoms with Gasteiger partial charge in [0.1, 0.15) is 5.54 Å². The number of aryl methyl sites for hydroxylation is 1. The smallest absolute Gasteiger partial charge is 0.326 e. The fourth-order valence-corrected chi connectivity index (χ4v) is 2.72. The highest BCUT2D eigenvalue weighted by molar-refractivity contribution is 5.79. The first-order chi connectivity index (χ1) is 8.92. The summed E-state index contributed by atoms with van der Waals surface area (Å²) in [6, 6.07) is 0. The van der Waals surface area contributed by atoms with Crippen molar-refractivity contribution in [1.29, 1.82) is 0 Å². The van der Waals surface area contributed by atoms with E-state index >= 15 is 0 Å². The van der Waals surface area contributed by atoms with E-state index in [0.29, 0.717) is 13.1 Å². The molecule has 1 aliphatic rings. The molecule has 19 heavy (non-hydrogen) atoms. The van der Waals surface area contributed by atoms with Crippen LogP contribution in [0.2, 0.25) is 0 Å². The fraction of sp³-hybridized carbons (Fsp3) is 0.714. The van der Waals surface area contributed by atoms with Gasteiger partial charge in [0.25, 0.3) is 0 Å². The summed E-state index contributed by atoms with van der Waals surface area (Å²) < 4.78 is 1.85. The number of nitrogens with one attached hydrogen (secondary N) is 1. The Morgan fingerprint density at radius 1 is 1.47 bits per heavy atom. The average molecular weight is 265 g/mol.